The monoisotopic (exact) mass is 331 g/mol. The summed E-state index contributed by atoms with van der Waals surface area (Å²) in [6.07, 6.45) is 4.87. The standard InChI is InChI=1S/C18H19F2N3O/c1-12-5-7-23(8-6-12)18(24)13-9-14(11-21-10-13)22-17-15(19)3-2-4-16(17)20/h2-4,9-12,22H,5-8H2,1H3. The molecule has 1 N–H and O–H groups in total. The van der Waals surface area contributed by atoms with Crippen LogP contribution in [-0.4, -0.2) is 28.9 Å². The third kappa shape index (κ3) is 3.53. The quantitative estimate of drug-likeness (QED) is 0.925. The lowest BCUT2D eigenvalue weighted by Gasteiger charge is -2.30. The third-order valence-corrected chi connectivity index (χ3v) is 4.29. The van der Waals surface area contributed by atoms with Crippen LogP contribution in [0.5, 0.6) is 0 Å². The molecule has 1 aromatic heterocycles. The summed E-state index contributed by atoms with van der Waals surface area (Å²) in [5.74, 6) is -0.871. The third-order valence-electron chi connectivity index (χ3n) is 4.29. The van der Waals surface area contributed by atoms with Crippen LogP contribution in [0.4, 0.5) is 20.2 Å². The lowest BCUT2D eigenvalue weighted by molar-refractivity contribution is 0.0697. The SMILES string of the molecule is CC1CCN(C(=O)c2cncc(Nc3c(F)cccc3F)c2)CC1. The summed E-state index contributed by atoms with van der Waals surface area (Å²) in [6.45, 7) is 3.62. The van der Waals surface area contributed by atoms with Gasteiger partial charge in [-0.3, -0.25) is 9.78 Å². The van der Waals surface area contributed by atoms with Gasteiger partial charge in [-0.15, -0.1) is 0 Å². The molecule has 2 aromatic rings. The molecule has 0 bridgehead atoms. The van der Waals surface area contributed by atoms with Crippen molar-refractivity contribution in [2.24, 2.45) is 5.92 Å². The molecular weight excluding hydrogens is 312 g/mol. The topological polar surface area (TPSA) is 45.2 Å². The molecule has 24 heavy (non-hydrogen) atoms. The molecule has 6 heteroatoms. The Kier molecular flexibility index (Phi) is 4.74. The number of halogens is 2. The lowest BCUT2D eigenvalue weighted by Crippen LogP contribution is -2.37. The Morgan fingerprint density at radius 1 is 1.21 bits per heavy atom. The second-order valence-electron chi connectivity index (χ2n) is 6.16. The summed E-state index contributed by atoms with van der Waals surface area (Å²) in [4.78, 5) is 18.4. The molecule has 0 radical (unpaired) electrons. The van der Waals surface area contributed by atoms with Crippen LogP contribution in [0.1, 0.15) is 30.1 Å². The summed E-state index contributed by atoms with van der Waals surface area (Å²) in [5, 5.41) is 2.66. The van der Waals surface area contributed by atoms with E-state index in [1.54, 1.807) is 11.0 Å². The number of likely N-dealkylation sites (tertiary alicyclic amines) is 1. The van der Waals surface area contributed by atoms with Crippen LogP contribution in [0.2, 0.25) is 0 Å². The summed E-state index contributed by atoms with van der Waals surface area (Å²) in [6, 6.07) is 5.20. The zero-order valence-corrected chi connectivity index (χ0v) is 13.4. The molecule has 0 aliphatic carbocycles. The number of benzene rings is 1. The summed E-state index contributed by atoms with van der Waals surface area (Å²) in [7, 11) is 0. The van der Waals surface area contributed by atoms with E-state index >= 15 is 0 Å². The number of rotatable bonds is 3. The van der Waals surface area contributed by atoms with Crippen LogP contribution in [0.3, 0.4) is 0 Å². The number of pyridine rings is 1. The van der Waals surface area contributed by atoms with E-state index in [1.165, 1.54) is 30.6 Å². The summed E-state index contributed by atoms with van der Waals surface area (Å²) < 4.78 is 27.4. The smallest absolute Gasteiger partial charge is 0.255 e. The number of anilines is 2. The minimum atomic E-state index is -0.697. The lowest BCUT2D eigenvalue weighted by atomic mass is 9.99. The van der Waals surface area contributed by atoms with Crippen molar-refractivity contribution in [3.8, 4) is 0 Å². The Labute approximate surface area is 139 Å². The maximum atomic E-state index is 13.7. The Bertz CT molecular complexity index is 723. The number of aromatic nitrogens is 1. The highest BCUT2D eigenvalue weighted by Crippen LogP contribution is 2.24. The largest absolute Gasteiger partial charge is 0.349 e. The zero-order chi connectivity index (χ0) is 17.1. The highest BCUT2D eigenvalue weighted by molar-refractivity contribution is 5.95. The number of nitrogens with one attached hydrogen (secondary N) is 1. The van der Waals surface area contributed by atoms with Gasteiger partial charge in [0.25, 0.3) is 5.91 Å². The second-order valence-corrected chi connectivity index (χ2v) is 6.16. The first kappa shape index (κ1) is 16.4. The maximum Gasteiger partial charge on any atom is 0.255 e. The zero-order valence-electron chi connectivity index (χ0n) is 13.4. The minimum Gasteiger partial charge on any atom is -0.349 e. The molecule has 0 saturated carbocycles. The molecular formula is C18H19F2N3O. The van der Waals surface area contributed by atoms with Crippen molar-refractivity contribution in [1.82, 2.24) is 9.88 Å². The van der Waals surface area contributed by atoms with E-state index < -0.39 is 11.6 Å². The van der Waals surface area contributed by atoms with Gasteiger partial charge in [0.05, 0.1) is 17.4 Å². The number of para-hydroxylation sites is 1. The highest BCUT2D eigenvalue weighted by Gasteiger charge is 2.22. The first-order chi connectivity index (χ1) is 11.5. The first-order valence-electron chi connectivity index (χ1n) is 8.00. The molecule has 126 valence electrons. The Morgan fingerprint density at radius 2 is 1.88 bits per heavy atom. The van der Waals surface area contributed by atoms with Crippen LogP contribution in [0, 0.1) is 17.6 Å². The van der Waals surface area contributed by atoms with E-state index in [-0.39, 0.29) is 11.6 Å². The summed E-state index contributed by atoms with van der Waals surface area (Å²) in [5.41, 5.74) is 0.525. The highest BCUT2D eigenvalue weighted by atomic mass is 19.1. The predicted molar refractivity (Wildman–Crippen MR) is 88.2 cm³/mol. The van der Waals surface area contributed by atoms with Gasteiger partial charge in [0.2, 0.25) is 0 Å². The number of carbonyl (C=O) groups is 1. The Morgan fingerprint density at radius 3 is 2.54 bits per heavy atom. The number of carbonyl (C=O) groups excluding carboxylic acids is 1. The molecule has 1 aliphatic heterocycles. The van der Waals surface area contributed by atoms with Crippen molar-refractivity contribution >= 4 is 17.3 Å². The van der Waals surface area contributed by atoms with E-state index in [1.807, 2.05) is 0 Å². The van der Waals surface area contributed by atoms with Crippen LogP contribution >= 0.6 is 0 Å². The van der Waals surface area contributed by atoms with Gasteiger partial charge >= 0.3 is 0 Å². The number of hydrogen-bond acceptors (Lipinski definition) is 3. The Hall–Kier alpha value is -2.50. The molecule has 0 unspecified atom stereocenters. The average Bonchev–Trinajstić information content (AvgIpc) is 2.59. The second kappa shape index (κ2) is 6.95. The number of piperidine rings is 1. The summed E-state index contributed by atoms with van der Waals surface area (Å²) >= 11 is 0. The van der Waals surface area contributed by atoms with E-state index in [0.29, 0.717) is 17.2 Å². The van der Waals surface area contributed by atoms with Crippen molar-refractivity contribution in [2.75, 3.05) is 18.4 Å². The van der Waals surface area contributed by atoms with E-state index in [2.05, 4.69) is 17.2 Å². The molecule has 1 amide bonds. The van der Waals surface area contributed by atoms with Gasteiger partial charge < -0.3 is 10.2 Å². The molecule has 2 heterocycles. The molecule has 3 rings (SSSR count). The van der Waals surface area contributed by atoms with E-state index in [9.17, 15) is 13.6 Å². The van der Waals surface area contributed by atoms with Gasteiger partial charge in [-0.25, -0.2) is 8.78 Å². The van der Waals surface area contributed by atoms with Gasteiger partial charge in [-0.1, -0.05) is 13.0 Å². The molecule has 1 aliphatic rings. The predicted octanol–water partition coefficient (Wildman–Crippen LogP) is 3.98. The normalized spacial score (nSPS) is 15.4. The number of nitrogens with zero attached hydrogens (tertiary/aromatic N) is 2. The van der Waals surface area contributed by atoms with Gasteiger partial charge in [0.1, 0.15) is 17.3 Å². The fourth-order valence-electron chi connectivity index (χ4n) is 2.78. The number of amides is 1. The van der Waals surface area contributed by atoms with Crippen molar-refractivity contribution in [3.05, 3.63) is 53.9 Å². The molecule has 1 saturated heterocycles. The molecule has 1 fully saturated rings. The maximum absolute atomic E-state index is 13.7. The van der Waals surface area contributed by atoms with Crippen molar-refractivity contribution in [3.63, 3.8) is 0 Å². The van der Waals surface area contributed by atoms with Gasteiger partial charge in [-0.2, -0.15) is 0 Å². The van der Waals surface area contributed by atoms with Crippen LogP contribution < -0.4 is 5.32 Å². The molecule has 1 aromatic carbocycles. The Balaban J connectivity index is 1.78. The molecule has 0 atom stereocenters. The van der Waals surface area contributed by atoms with E-state index in [0.717, 1.165) is 25.9 Å². The molecule has 0 spiro atoms. The van der Waals surface area contributed by atoms with Crippen LogP contribution in [0.25, 0.3) is 0 Å². The van der Waals surface area contributed by atoms with Gasteiger partial charge in [0, 0.05) is 19.3 Å². The molecule has 4 nitrogen and oxygen atoms in total. The average molecular weight is 331 g/mol. The van der Waals surface area contributed by atoms with Crippen molar-refractivity contribution < 1.29 is 13.6 Å². The fourth-order valence-corrected chi connectivity index (χ4v) is 2.78. The van der Waals surface area contributed by atoms with Gasteiger partial charge in [-0.05, 0) is 37.0 Å². The van der Waals surface area contributed by atoms with Gasteiger partial charge in [0.15, 0.2) is 0 Å². The van der Waals surface area contributed by atoms with Crippen LogP contribution in [0.15, 0.2) is 36.7 Å². The number of hydrogen-bond donors (Lipinski definition) is 1. The van der Waals surface area contributed by atoms with E-state index in [4.69, 9.17) is 0 Å². The van der Waals surface area contributed by atoms with Crippen molar-refractivity contribution in [2.45, 2.75) is 19.8 Å². The van der Waals surface area contributed by atoms with Crippen LogP contribution in [-0.2, 0) is 0 Å². The minimum absolute atomic E-state index is 0.105. The van der Waals surface area contributed by atoms with Crippen molar-refractivity contribution in [1.29, 1.82) is 0 Å². The first-order valence-corrected chi connectivity index (χ1v) is 8.00. The fraction of sp³-hybridized carbons (Fsp3) is 0.333.